The second-order valence-corrected chi connectivity index (χ2v) is 12.3. The highest BCUT2D eigenvalue weighted by molar-refractivity contribution is 7.52. The largest absolute Gasteiger partial charge is 0.464 e. The SMILES string of the molecule is CCC(CC)COC(=O)[C@H](C)N[P@](=O)(OC[C@]1(C)O[C@@](C#N)(c2ccc3c(N)ncnn23)[C@H](O)[C@@H]1O)Oc1ccccc1. The highest BCUT2D eigenvalue weighted by atomic mass is 31.2. The molecule has 4 rings (SSSR count). The van der Waals surface area contributed by atoms with Gasteiger partial charge in [-0.2, -0.15) is 15.4 Å². The zero-order valence-electron chi connectivity index (χ0n) is 24.4. The van der Waals surface area contributed by atoms with Crippen molar-refractivity contribution in [3.63, 3.8) is 0 Å². The Balaban J connectivity index is 1.58. The third-order valence-electron chi connectivity index (χ3n) is 7.58. The van der Waals surface area contributed by atoms with E-state index >= 15 is 0 Å². The molecule has 0 amide bonds. The lowest BCUT2D eigenvalue weighted by Crippen LogP contribution is -2.45. The van der Waals surface area contributed by atoms with Crippen LogP contribution in [0.25, 0.3) is 5.52 Å². The molecule has 43 heavy (non-hydrogen) atoms. The van der Waals surface area contributed by atoms with E-state index in [1.807, 2.05) is 19.9 Å². The molecule has 15 heteroatoms. The number of rotatable bonds is 13. The van der Waals surface area contributed by atoms with Gasteiger partial charge in [-0.25, -0.2) is 14.1 Å². The molecule has 2 aromatic heterocycles. The van der Waals surface area contributed by atoms with Gasteiger partial charge in [0.05, 0.1) is 18.9 Å². The Morgan fingerprint density at radius 3 is 2.58 bits per heavy atom. The number of aromatic nitrogens is 3. The van der Waals surface area contributed by atoms with Crippen LogP contribution >= 0.6 is 7.75 Å². The lowest BCUT2D eigenvalue weighted by Gasteiger charge is -2.31. The van der Waals surface area contributed by atoms with Crippen molar-refractivity contribution < 1.29 is 38.1 Å². The molecule has 3 aromatic rings. The first kappa shape index (κ1) is 32.3. The number of nitrogens with two attached hydrogens (primary N) is 1. The summed E-state index contributed by atoms with van der Waals surface area (Å²) in [5, 5.41) is 39.3. The Kier molecular flexibility index (Phi) is 9.76. The van der Waals surface area contributed by atoms with Crippen molar-refractivity contribution in [1.82, 2.24) is 19.7 Å². The van der Waals surface area contributed by atoms with Gasteiger partial charge in [-0.05, 0) is 44.0 Å². The number of hydrogen-bond donors (Lipinski definition) is 4. The van der Waals surface area contributed by atoms with Crippen molar-refractivity contribution in [2.45, 2.75) is 70.0 Å². The van der Waals surface area contributed by atoms with Crippen LogP contribution < -0.4 is 15.3 Å². The van der Waals surface area contributed by atoms with Gasteiger partial charge < -0.3 is 29.9 Å². The van der Waals surface area contributed by atoms with Crippen LogP contribution in [0.3, 0.4) is 0 Å². The number of nitriles is 1. The number of aliphatic hydroxyl groups excluding tert-OH is 2. The smallest absolute Gasteiger partial charge is 0.459 e. The Morgan fingerprint density at radius 1 is 1.23 bits per heavy atom. The van der Waals surface area contributed by atoms with Gasteiger partial charge in [0.1, 0.15) is 47.5 Å². The van der Waals surface area contributed by atoms with Gasteiger partial charge in [-0.15, -0.1) is 0 Å². The minimum Gasteiger partial charge on any atom is -0.464 e. The van der Waals surface area contributed by atoms with Crippen molar-refractivity contribution in [3.05, 3.63) is 54.5 Å². The quantitative estimate of drug-likeness (QED) is 0.161. The molecule has 1 aromatic carbocycles. The first-order valence-corrected chi connectivity index (χ1v) is 15.5. The average Bonchev–Trinajstić information content (AvgIpc) is 3.52. The van der Waals surface area contributed by atoms with Crippen LogP contribution in [0.15, 0.2) is 48.8 Å². The number of nitrogens with zero attached hydrogens (tertiary/aromatic N) is 4. The summed E-state index contributed by atoms with van der Waals surface area (Å²) in [6.45, 7) is 6.43. The molecule has 0 radical (unpaired) electrons. The molecule has 0 unspecified atom stereocenters. The van der Waals surface area contributed by atoms with Crippen molar-refractivity contribution in [2.24, 2.45) is 5.92 Å². The van der Waals surface area contributed by atoms with Crippen molar-refractivity contribution in [3.8, 4) is 11.8 Å². The lowest BCUT2D eigenvalue weighted by atomic mass is 9.90. The van der Waals surface area contributed by atoms with Gasteiger partial charge in [0, 0.05) is 0 Å². The monoisotopic (exact) mass is 616 g/mol. The molecule has 1 aliphatic rings. The van der Waals surface area contributed by atoms with Gasteiger partial charge in [-0.3, -0.25) is 9.32 Å². The summed E-state index contributed by atoms with van der Waals surface area (Å²) >= 11 is 0. The van der Waals surface area contributed by atoms with E-state index in [1.54, 1.807) is 36.4 Å². The van der Waals surface area contributed by atoms with Crippen LogP contribution in [0.4, 0.5) is 5.82 Å². The van der Waals surface area contributed by atoms with Gasteiger partial charge in [0.25, 0.3) is 0 Å². The highest BCUT2D eigenvalue weighted by Gasteiger charge is 2.63. The molecule has 0 aliphatic carbocycles. The second kappa shape index (κ2) is 13.0. The van der Waals surface area contributed by atoms with Crippen LogP contribution in [0, 0.1) is 17.2 Å². The Hall–Kier alpha value is -3.57. The lowest BCUT2D eigenvalue weighted by molar-refractivity contribution is -0.146. The zero-order valence-corrected chi connectivity index (χ0v) is 25.3. The minimum atomic E-state index is -4.36. The van der Waals surface area contributed by atoms with Gasteiger partial charge in [0.2, 0.25) is 5.60 Å². The molecular formula is C28H37N6O8P. The number of hydrogen-bond acceptors (Lipinski definition) is 12. The summed E-state index contributed by atoms with van der Waals surface area (Å²) in [6, 6.07) is 12.0. The second-order valence-electron chi connectivity index (χ2n) is 10.7. The number of benzene rings is 1. The minimum absolute atomic E-state index is 0.0880. The number of nitrogen functional groups attached to an aromatic ring is 1. The van der Waals surface area contributed by atoms with E-state index in [4.69, 9.17) is 24.3 Å². The molecule has 0 bridgehead atoms. The van der Waals surface area contributed by atoms with Crippen LogP contribution in [-0.2, 0) is 29.0 Å². The molecule has 1 saturated heterocycles. The third kappa shape index (κ3) is 6.52. The molecule has 1 aliphatic heterocycles. The maximum Gasteiger partial charge on any atom is 0.459 e. The predicted octanol–water partition coefficient (Wildman–Crippen LogP) is 2.70. The number of carbonyl (C=O) groups is 1. The highest BCUT2D eigenvalue weighted by Crippen LogP contribution is 2.50. The number of nitrogens with one attached hydrogen (secondary N) is 1. The summed E-state index contributed by atoms with van der Waals surface area (Å²) in [5.41, 5.74) is 2.47. The zero-order chi connectivity index (χ0) is 31.4. The topological polar surface area (TPSA) is 204 Å². The molecule has 6 atom stereocenters. The van der Waals surface area contributed by atoms with Crippen LogP contribution in [0.2, 0.25) is 0 Å². The summed E-state index contributed by atoms with van der Waals surface area (Å²) in [7, 11) is -4.36. The van der Waals surface area contributed by atoms with Gasteiger partial charge in [-0.1, -0.05) is 44.9 Å². The fourth-order valence-corrected chi connectivity index (χ4v) is 6.39. The summed E-state index contributed by atoms with van der Waals surface area (Å²) < 4.78 is 38.3. The molecule has 232 valence electrons. The number of ether oxygens (including phenoxy) is 2. The number of aliphatic hydroxyl groups is 2. The Labute approximate surface area is 249 Å². The maximum atomic E-state index is 14.0. The van der Waals surface area contributed by atoms with Gasteiger partial charge >= 0.3 is 13.7 Å². The first-order chi connectivity index (χ1) is 20.4. The third-order valence-corrected chi connectivity index (χ3v) is 9.20. The Morgan fingerprint density at radius 2 is 1.93 bits per heavy atom. The molecule has 0 saturated carbocycles. The number of fused-ring (bicyclic) bond motifs is 1. The van der Waals surface area contributed by atoms with E-state index in [0.29, 0.717) is 5.52 Å². The van der Waals surface area contributed by atoms with Crippen LogP contribution in [-0.4, -0.2) is 67.8 Å². The van der Waals surface area contributed by atoms with Crippen LogP contribution in [0.5, 0.6) is 5.75 Å². The molecule has 1 fully saturated rings. The van der Waals surface area contributed by atoms with Crippen LogP contribution in [0.1, 0.15) is 46.2 Å². The fraction of sp³-hybridized carbons (Fsp3) is 0.500. The van der Waals surface area contributed by atoms with E-state index < -0.39 is 49.8 Å². The van der Waals surface area contributed by atoms with E-state index in [9.17, 15) is 24.8 Å². The number of anilines is 1. The van der Waals surface area contributed by atoms with E-state index in [1.165, 1.54) is 30.8 Å². The Bertz CT molecular complexity index is 1510. The van der Waals surface area contributed by atoms with E-state index in [2.05, 4.69) is 15.2 Å². The van der Waals surface area contributed by atoms with Crippen molar-refractivity contribution in [1.29, 1.82) is 5.26 Å². The average molecular weight is 617 g/mol. The number of esters is 1. The summed E-state index contributed by atoms with van der Waals surface area (Å²) in [4.78, 5) is 16.7. The first-order valence-electron chi connectivity index (χ1n) is 13.9. The maximum absolute atomic E-state index is 14.0. The van der Waals surface area contributed by atoms with E-state index in [-0.39, 0.29) is 29.8 Å². The van der Waals surface area contributed by atoms with Gasteiger partial charge in [0.15, 0.2) is 5.82 Å². The number of para-hydroxylation sites is 1. The van der Waals surface area contributed by atoms with E-state index in [0.717, 1.165) is 12.8 Å². The normalized spacial score (nSPS) is 25.7. The fourth-order valence-electron chi connectivity index (χ4n) is 4.81. The summed E-state index contributed by atoms with van der Waals surface area (Å²) in [5.74, 6) is -0.160. The molecule has 0 spiro atoms. The van der Waals surface area contributed by atoms with Crippen molar-refractivity contribution >= 4 is 25.1 Å². The standard InChI is InChI=1S/C28H37N6O8P/c1-5-19(6-2)14-39-26(37)18(3)33-43(38,41-20-10-8-7-9-11-20)40-16-27(4)23(35)24(36)28(15-29,42-27)22-13-12-21-25(30)31-17-32-34(21)22/h7-13,17-19,23-24,35-36H,5-6,14,16H2,1-4H3,(H,33,38)(H2,30,31,32)/t18-,23-,24+,27-,28-,43-/m0/s1. The molecular weight excluding hydrogens is 579 g/mol. The molecule has 5 N–H and O–H groups in total. The predicted molar refractivity (Wildman–Crippen MR) is 154 cm³/mol. The molecule has 3 heterocycles. The van der Waals surface area contributed by atoms with Crippen molar-refractivity contribution in [2.75, 3.05) is 18.9 Å². The number of carbonyl (C=O) groups excluding carboxylic acids is 1. The summed E-state index contributed by atoms with van der Waals surface area (Å²) in [6.07, 6.45) is -0.621. The molecule has 14 nitrogen and oxygen atoms in total.